The van der Waals surface area contributed by atoms with Crippen LogP contribution in [-0.4, -0.2) is 16.9 Å². The van der Waals surface area contributed by atoms with Crippen LogP contribution in [0, 0.1) is 0 Å². The molecular formula is C21H21NO2. The van der Waals surface area contributed by atoms with Crippen LogP contribution in [0.4, 0.5) is 0 Å². The Morgan fingerprint density at radius 2 is 1.83 bits per heavy atom. The van der Waals surface area contributed by atoms with E-state index in [0.717, 1.165) is 39.0 Å². The van der Waals surface area contributed by atoms with E-state index in [-0.39, 0.29) is 17.3 Å². The highest BCUT2D eigenvalue weighted by molar-refractivity contribution is 6.20. The molecule has 1 heterocycles. The van der Waals surface area contributed by atoms with Crippen LogP contribution >= 0.6 is 0 Å². The summed E-state index contributed by atoms with van der Waals surface area (Å²) in [5.41, 5.74) is 4.34. The maximum Gasteiger partial charge on any atom is 0.195 e. The Balaban J connectivity index is 1.97. The lowest BCUT2D eigenvalue weighted by atomic mass is 9.71. The van der Waals surface area contributed by atoms with Gasteiger partial charge in [-0.05, 0) is 37.6 Å². The summed E-state index contributed by atoms with van der Waals surface area (Å²) in [5.74, 6) is 0.821. The number of hydrogen-bond donors (Lipinski definition) is 1. The van der Waals surface area contributed by atoms with E-state index < -0.39 is 0 Å². The molecule has 24 heavy (non-hydrogen) atoms. The van der Waals surface area contributed by atoms with Crippen LogP contribution in [-0.2, 0) is 5.41 Å². The minimum Gasteiger partial charge on any atom is -0.491 e. The molecule has 1 N–H and O–H groups in total. The van der Waals surface area contributed by atoms with Gasteiger partial charge in [-0.25, -0.2) is 0 Å². The van der Waals surface area contributed by atoms with Crippen molar-refractivity contribution in [3.05, 3.63) is 64.8 Å². The van der Waals surface area contributed by atoms with Gasteiger partial charge in [-0.1, -0.05) is 38.1 Å². The molecule has 0 unspecified atom stereocenters. The topological polar surface area (TPSA) is 42.1 Å². The molecule has 0 saturated carbocycles. The van der Waals surface area contributed by atoms with Crippen molar-refractivity contribution >= 4 is 16.7 Å². The van der Waals surface area contributed by atoms with Crippen molar-refractivity contribution < 1.29 is 9.53 Å². The van der Waals surface area contributed by atoms with Crippen LogP contribution in [0.3, 0.4) is 0 Å². The van der Waals surface area contributed by atoms with E-state index >= 15 is 0 Å². The molecule has 1 aliphatic carbocycles. The number of carbonyl (C=O) groups excluding carboxylic acids is 1. The summed E-state index contributed by atoms with van der Waals surface area (Å²) in [7, 11) is 0. The summed E-state index contributed by atoms with van der Waals surface area (Å²) in [5, 5.41) is 0.992. The zero-order valence-corrected chi connectivity index (χ0v) is 14.4. The van der Waals surface area contributed by atoms with Gasteiger partial charge in [0.25, 0.3) is 0 Å². The van der Waals surface area contributed by atoms with Crippen molar-refractivity contribution in [2.75, 3.05) is 0 Å². The lowest BCUT2D eigenvalue weighted by Gasteiger charge is -2.32. The van der Waals surface area contributed by atoms with Gasteiger partial charge in [-0.2, -0.15) is 0 Å². The zero-order valence-electron chi connectivity index (χ0n) is 14.4. The molecule has 0 atom stereocenters. The van der Waals surface area contributed by atoms with Gasteiger partial charge >= 0.3 is 0 Å². The molecule has 3 heteroatoms. The number of aromatic nitrogens is 1. The number of ketones is 1. The number of H-pyrrole nitrogens is 1. The second-order valence-electron chi connectivity index (χ2n) is 7.25. The molecule has 0 bridgehead atoms. The van der Waals surface area contributed by atoms with E-state index in [2.05, 4.69) is 18.8 Å². The molecule has 0 aliphatic heterocycles. The third-order valence-electron chi connectivity index (χ3n) is 4.84. The Labute approximate surface area is 141 Å². The monoisotopic (exact) mass is 319 g/mol. The number of rotatable bonds is 2. The number of aromatic amines is 1. The number of fused-ring (bicyclic) bond motifs is 4. The lowest BCUT2D eigenvalue weighted by molar-refractivity contribution is 0.103. The van der Waals surface area contributed by atoms with Crippen molar-refractivity contribution in [3.8, 4) is 5.75 Å². The Bertz CT molecular complexity index is 963. The van der Waals surface area contributed by atoms with Crippen molar-refractivity contribution in [3.63, 3.8) is 0 Å². The van der Waals surface area contributed by atoms with Gasteiger partial charge in [-0.15, -0.1) is 0 Å². The number of carbonyl (C=O) groups is 1. The molecule has 3 nitrogen and oxygen atoms in total. The lowest BCUT2D eigenvalue weighted by Crippen LogP contribution is -2.30. The van der Waals surface area contributed by atoms with Gasteiger partial charge in [0.05, 0.1) is 11.7 Å². The van der Waals surface area contributed by atoms with E-state index in [0.29, 0.717) is 0 Å². The first-order valence-electron chi connectivity index (χ1n) is 8.36. The fourth-order valence-corrected chi connectivity index (χ4v) is 3.72. The van der Waals surface area contributed by atoms with E-state index in [9.17, 15) is 4.79 Å². The number of nitrogens with one attached hydrogen (secondary N) is 1. The minimum atomic E-state index is -0.256. The van der Waals surface area contributed by atoms with Crippen LogP contribution in [0.25, 0.3) is 10.9 Å². The number of benzene rings is 2. The number of para-hydroxylation sites is 1. The molecule has 0 radical (unpaired) electrons. The predicted octanol–water partition coefficient (Wildman–Crippen LogP) is 4.83. The summed E-state index contributed by atoms with van der Waals surface area (Å²) < 4.78 is 5.79. The van der Waals surface area contributed by atoms with Gasteiger partial charge in [-0.3, -0.25) is 4.79 Å². The van der Waals surface area contributed by atoms with Crippen LogP contribution < -0.4 is 4.74 Å². The summed E-state index contributed by atoms with van der Waals surface area (Å²) in [4.78, 5) is 16.7. The molecule has 0 spiro atoms. The van der Waals surface area contributed by atoms with Crippen LogP contribution in [0.1, 0.15) is 54.9 Å². The number of hydrogen-bond acceptors (Lipinski definition) is 2. The first-order chi connectivity index (χ1) is 11.4. The average molecular weight is 319 g/mol. The summed E-state index contributed by atoms with van der Waals surface area (Å²) in [6.45, 7) is 8.30. The molecular weight excluding hydrogens is 298 g/mol. The van der Waals surface area contributed by atoms with Gasteiger partial charge < -0.3 is 9.72 Å². The van der Waals surface area contributed by atoms with E-state index in [1.54, 1.807) is 0 Å². The molecule has 4 rings (SSSR count). The van der Waals surface area contributed by atoms with Crippen molar-refractivity contribution in [2.24, 2.45) is 0 Å². The SMILES string of the molecule is CC(C)Oc1ccc2c(c1)C(=O)c1c([nH]c3ccccc13)C2(C)C. The first kappa shape index (κ1) is 15.0. The Morgan fingerprint density at radius 1 is 1.08 bits per heavy atom. The molecule has 1 aromatic heterocycles. The van der Waals surface area contributed by atoms with Gasteiger partial charge in [0, 0.05) is 27.6 Å². The minimum absolute atomic E-state index is 0.0750. The van der Waals surface area contributed by atoms with Gasteiger partial charge in [0.15, 0.2) is 5.78 Å². The molecule has 2 aromatic carbocycles. The predicted molar refractivity (Wildman–Crippen MR) is 96.1 cm³/mol. The second kappa shape index (κ2) is 4.97. The quantitative estimate of drug-likeness (QED) is 0.735. The highest BCUT2D eigenvalue weighted by atomic mass is 16.5. The van der Waals surface area contributed by atoms with Crippen molar-refractivity contribution in [2.45, 2.75) is 39.2 Å². The molecule has 0 fully saturated rings. The van der Waals surface area contributed by atoms with Gasteiger partial charge in [0.2, 0.25) is 0 Å². The summed E-state index contributed by atoms with van der Waals surface area (Å²) >= 11 is 0. The Morgan fingerprint density at radius 3 is 2.58 bits per heavy atom. The third kappa shape index (κ3) is 2.01. The van der Waals surface area contributed by atoms with Crippen LogP contribution in [0.2, 0.25) is 0 Å². The van der Waals surface area contributed by atoms with Gasteiger partial charge in [0.1, 0.15) is 5.75 Å². The smallest absolute Gasteiger partial charge is 0.195 e. The molecule has 1 aliphatic rings. The fraction of sp³-hybridized carbons (Fsp3) is 0.286. The largest absolute Gasteiger partial charge is 0.491 e. The van der Waals surface area contributed by atoms with Crippen LogP contribution in [0.15, 0.2) is 42.5 Å². The first-order valence-corrected chi connectivity index (χ1v) is 8.36. The Hall–Kier alpha value is -2.55. The fourth-order valence-electron chi connectivity index (χ4n) is 3.72. The molecule has 0 saturated heterocycles. The number of ether oxygens (including phenoxy) is 1. The highest BCUT2D eigenvalue weighted by Gasteiger charge is 2.39. The van der Waals surface area contributed by atoms with E-state index in [1.807, 2.05) is 56.3 Å². The Kier molecular flexibility index (Phi) is 3.11. The maximum atomic E-state index is 13.2. The van der Waals surface area contributed by atoms with Crippen LogP contribution in [0.5, 0.6) is 5.75 Å². The third-order valence-corrected chi connectivity index (χ3v) is 4.84. The summed E-state index contributed by atoms with van der Waals surface area (Å²) in [6.07, 6.45) is 0.0819. The highest BCUT2D eigenvalue weighted by Crippen LogP contribution is 2.44. The second-order valence-corrected chi connectivity index (χ2v) is 7.25. The van der Waals surface area contributed by atoms with Crippen molar-refractivity contribution in [1.29, 1.82) is 0 Å². The molecule has 122 valence electrons. The standard InChI is InChI=1S/C21H21NO2/c1-12(2)24-13-9-10-16-15(11-13)19(23)18-14-7-5-6-8-17(14)22-20(18)21(16,3)4/h5-12,22H,1-4H3. The van der Waals surface area contributed by atoms with Crippen molar-refractivity contribution in [1.82, 2.24) is 4.98 Å². The average Bonchev–Trinajstić information content (AvgIpc) is 2.93. The molecule has 3 aromatic rings. The normalized spacial score (nSPS) is 15.5. The zero-order chi connectivity index (χ0) is 17.1. The van der Waals surface area contributed by atoms with E-state index in [1.165, 1.54) is 0 Å². The molecule has 0 amide bonds. The maximum absolute atomic E-state index is 13.2. The van der Waals surface area contributed by atoms with E-state index in [4.69, 9.17) is 4.74 Å². The summed E-state index contributed by atoms with van der Waals surface area (Å²) in [6, 6.07) is 13.9.